The molecule has 0 aliphatic carbocycles. The molecule has 0 radical (unpaired) electrons. The van der Waals surface area contributed by atoms with E-state index in [0.717, 1.165) is 6.07 Å². The van der Waals surface area contributed by atoms with Crippen LogP contribution in [0.3, 0.4) is 0 Å². The van der Waals surface area contributed by atoms with Crippen LogP contribution in [-0.4, -0.2) is 4.57 Å². The molecule has 1 aromatic heterocycles. The molecule has 0 N–H and O–H groups in total. The minimum atomic E-state index is -0.338. The van der Waals surface area contributed by atoms with E-state index in [1.807, 2.05) is 0 Å². The lowest BCUT2D eigenvalue weighted by molar-refractivity contribution is 1.18. The maximum atomic E-state index is 8.79. The molecule has 0 atom stereocenters. The topological polar surface area (TPSA) is 4.93 Å². The van der Waals surface area contributed by atoms with Gasteiger partial charge in [-0.15, -0.1) is 0 Å². The molecule has 5 rings (SSSR count). The van der Waals surface area contributed by atoms with Crippen LogP contribution in [0.15, 0.2) is 101 Å². The molecule has 5 aromatic rings. The molecule has 0 saturated heterocycles. The van der Waals surface area contributed by atoms with Gasteiger partial charge in [0.15, 0.2) is 0 Å². The fourth-order valence-electron chi connectivity index (χ4n) is 2.89. The lowest BCUT2D eigenvalue weighted by Crippen LogP contribution is -1.93. The van der Waals surface area contributed by atoms with Gasteiger partial charge >= 0.3 is 0 Å². The zero-order valence-corrected chi connectivity index (χ0v) is 14.8. The molecule has 0 unspecified atom stereocenters. The van der Waals surface area contributed by atoms with Crippen molar-refractivity contribution in [2.75, 3.05) is 0 Å². The molecule has 1 heterocycles. The highest BCUT2D eigenvalue weighted by Gasteiger charge is 2.12. The van der Waals surface area contributed by atoms with Crippen LogP contribution < -0.4 is 0 Å². The zero-order chi connectivity index (χ0) is 27.1. The number of benzene rings is 4. The fourth-order valence-corrected chi connectivity index (χ4v) is 3.19. The highest BCUT2D eigenvalue weighted by molar-refractivity contribution is 9.10. The van der Waals surface area contributed by atoms with Crippen LogP contribution >= 0.6 is 15.9 Å². The predicted octanol–water partition coefficient (Wildman–Crippen LogP) is 7.21. The minimum absolute atomic E-state index is 0.00712. The Morgan fingerprint density at radius 2 is 1.42 bits per heavy atom. The van der Waals surface area contributed by atoms with Crippen LogP contribution in [0.1, 0.15) is 15.1 Å². The summed E-state index contributed by atoms with van der Waals surface area (Å²) in [5, 5.41) is 0.105. The number of para-hydroxylation sites is 1. The Morgan fingerprint density at radius 1 is 0.692 bits per heavy atom. The Balaban J connectivity index is 1.97. The molecule has 0 aliphatic heterocycles. The smallest absolute Gasteiger partial charge is 0.0646 e. The molecule has 0 spiro atoms. The van der Waals surface area contributed by atoms with E-state index < -0.39 is 0 Å². The number of rotatable bonds is 2. The number of hydrogen-bond donors (Lipinski definition) is 0. The monoisotopic (exact) mass is 408 g/mol. The van der Waals surface area contributed by atoms with Gasteiger partial charge in [-0.3, -0.25) is 0 Å². The van der Waals surface area contributed by atoms with Crippen LogP contribution in [0.2, 0.25) is 0 Å². The molecule has 0 amide bonds. The third kappa shape index (κ3) is 2.46. The van der Waals surface area contributed by atoms with Gasteiger partial charge in [0.2, 0.25) is 0 Å². The van der Waals surface area contributed by atoms with Gasteiger partial charge in [0.25, 0.3) is 0 Å². The van der Waals surface area contributed by atoms with Crippen LogP contribution in [-0.2, 0) is 0 Å². The third-order valence-corrected chi connectivity index (χ3v) is 4.41. The SMILES string of the molecule is [2H]c1cc([2H])c(-c2cc([2H])c(-n3c4c([2H])cc([2H])c([2H])c4c4c([2H])c(Br)c([2H])c([2H])c43)c([2H])c2)c([2H])c1. The van der Waals surface area contributed by atoms with Crippen molar-refractivity contribution in [2.45, 2.75) is 0 Å². The summed E-state index contributed by atoms with van der Waals surface area (Å²) >= 11 is 3.16. The second-order valence-corrected chi connectivity index (χ2v) is 6.32. The van der Waals surface area contributed by atoms with Gasteiger partial charge < -0.3 is 4.57 Å². The molecular formula is C24H16BrN. The van der Waals surface area contributed by atoms with E-state index in [0.29, 0.717) is 0 Å². The molecule has 26 heavy (non-hydrogen) atoms. The molecule has 0 aliphatic rings. The van der Waals surface area contributed by atoms with E-state index >= 15 is 0 Å². The summed E-state index contributed by atoms with van der Waals surface area (Å²) in [6.45, 7) is 0. The summed E-state index contributed by atoms with van der Waals surface area (Å²) < 4.78 is 93.8. The maximum absolute atomic E-state index is 8.79. The Labute approximate surface area is 176 Å². The van der Waals surface area contributed by atoms with Gasteiger partial charge in [0.1, 0.15) is 0 Å². The van der Waals surface area contributed by atoms with Crippen molar-refractivity contribution in [3.05, 3.63) is 101 Å². The summed E-state index contributed by atoms with van der Waals surface area (Å²) in [7, 11) is 0. The molecule has 4 aromatic carbocycles. The molecule has 1 nitrogen and oxygen atoms in total. The first kappa shape index (κ1) is 7.81. The second-order valence-electron chi connectivity index (χ2n) is 5.53. The van der Waals surface area contributed by atoms with E-state index in [9.17, 15) is 0 Å². The number of halogens is 1. The van der Waals surface area contributed by atoms with Gasteiger partial charge in [0, 0.05) is 20.9 Å². The van der Waals surface area contributed by atoms with Gasteiger partial charge in [-0.2, -0.15) is 0 Å². The quantitative estimate of drug-likeness (QED) is 0.290. The number of nitrogens with zero attached hydrogens (tertiary/aromatic N) is 1. The first-order valence-corrected chi connectivity index (χ1v) is 8.54. The lowest BCUT2D eigenvalue weighted by Gasteiger charge is -2.09. The van der Waals surface area contributed by atoms with Gasteiger partial charge in [-0.05, 0) is 47.4 Å². The Bertz CT molecular complexity index is 1760. The summed E-state index contributed by atoms with van der Waals surface area (Å²) in [6, 6.07) is 4.06. The van der Waals surface area contributed by atoms with E-state index in [2.05, 4.69) is 15.9 Å². The maximum Gasteiger partial charge on any atom is 0.0646 e. The van der Waals surface area contributed by atoms with E-state index in [4.69, 9.17) is 15.1 Å². The summed E-state index contributed by atoms with van der Waals surface area (Å²) in [5.41, 5.74) is 0.320. The standard InChI is InChI=1S/C24H16BrN/c25-19-12-15-24-22(16-19)21-8-4-5-9-23(21)26(24)20-13-10-18(11-14-20)17-6-2-1-3-7-17/h1-16H/i1D,4D,6D,7D,8D,9D,12D,13D,14D,15D,16D. The molecule has 0 saturated carbocycles. The summed E-state index contributed by atoms with van der Waals surface area (Å²) in [6.07, 6.45) is 0. The largest absolute Gasteiger partial charge is 0.309 e. The molecule has 124 valence electrons. The van der Waals surface area contributed by atoms with Crippen molar-refractivity contribution in [1.82, 2.24) is 4.57 Å². The van der Waals surface area contributed by atoms with Crippen molar-refractivity contribution < 1.29 is 15.1 Å². The normalized spacial score (nSPS) is 17.2. The van der Waals surface area contributed by atoms with Crippen LogP contribution in [0.4, 0.5) is 0 Å². The van der Waals surface area contributed by atoms with Crippen LogP contribution in [0.25, 0.3) is 38.6 Å². The van der Waals surface area contributed by atoms with Crippen molar-refractivity contribution in [3.8, 4) is 16.8 Å². The van der Waals surface area contributed by atoms with E-state index in [1.54, 1.807) is 0 Å². The molecule has 0 bridgehead atoms. The van der Waals surface area contributed by atoms with Gasteiger partial charge in [0.05, 0.1) is 26.1 Å². The van der Waals surface area contributed by atoms with Crippen molar-refractivity contribution in [2.24, 2.45) is 0 Å². The first-order chi connectivity index (χ1) is 17.3. The fraction of sp³-hybridized carbons (Fsp3) is 0. The second kappa shape index (κ2) is 6.15. The zero-order valence-electron chi connectivity index (χ0n) is 24.2. The van der Waals surface area contributed by atoms with Gasteiger partial charge in [-0.1, -0.05) is 76.5 Å². The highest BCUT2D eigenvalue weighted by atomic mass is 79.9. The highest BCUT2D eigenvalue weighted by Crippen LogP contribution is 2.34. The summed E-state index contributed by atoms with van der Waals surface area (Å²) in [5.74, 6) is 0. The minimum Gasteiger partial charge on any atom is -0.309 e. The van der Waals surface area contributed by atoms with Crippen molar-refractivity contribution >= 4 is 37.7 Å². The molecular weight excluding hydrogens is 382 g/mol. The average Bonchev–Trinajstić information content (AvgIpc) is 3.15. The Morgan fingerprint density at radius 3 is 2.23 bits per heavy atom. The lowest BCUT2D eigenvalue weighted by atomic mass is 10.1. The first-order valence-electron chi connectivity index (χ1n) is 13.2. The third-order valence-electron chi connectivity index (χ3n) is 4.02. The molecule has 2 heteroatoms. The number of fused-ring (bicyclic) bond motifs is 3. The average molecular weight is 409 g/mol. The number of aromatic nitrogens is 1. The van der Waals surface area contributed by atoms with Gasteiger partial charge in [-0.25, -0.2) is 0 Å². The van der Waals surface area contributed by atoms with Crippen molar-refractivity contribution in [3.63, 3.8) is 0 Å². The summed E-state index contributed by atoms with van der Waals surface area (Å²) in [4.78, 5) is 0. The van der Waals surface area contributed by atoms with Crippen LogP contribution in [0.5, 0.6) is 0 Å². The number of hydrogen-bond acceptors (Lipinski definition) is 0. The Kier molecular flexibility index (Phi) is 1.85. The Hall–Kier alpha value is -2.84. The van der Waals surface area contributed by atoms with Crippen molar-refractivity contribution in [1.29, 1.82) is 0 Å². The van der Waals surface area contributed by atoms with E-state index in [1.165, 1.54) is 28.8 Å². The van der Waals surface area contributed by atoms with Crippen LogP contribution in [0, 0.1) is 0 Å². The van der Waals surface area contributed by atoms with E-state index in [-0.39, 0.29) is 110 Å². The predicted molar refractivity (Wildman–Crippen MR) is 114 cm³/mol. The molecule has 0 fully saturated rings.